The van der Waals surface area contributed by atoms with Gasteiger partial charge in [0.25, 0.3) is 0 Å². The standard InChI is InChI=1S/C27H23F2N3O3/c28-19-4-1-17(2-5-19)13-26(33)31-11-9-21(10-12-31)32-23-7-6-20(29)15-22(23)30-27(32)18-3-8-24-25(14-18)35-16-34-24/h1-8,14-15,21H,9-13,16H2. The second-order valence-electron chi connectivity index (χ2n) is 8.92. The Morgan fingerprint density at radius 3 is 2.46 bits per heavy atom. The highest BCUT2D eigenvalue weighted by molar-refractivity contribution is 5.82. The summed E-state index contributed by atoms with van der Waals surface area (Å²) in [4.78, 5) is 19.5. The third kappa shape index (κ3) is 4.09. The number of aromatic nitrogens is 2. The largest absolute Gasteiger partial charge is 0.454 e. The van der Waals surface area contributed by atoms with Crippen molar-refractivity contribution in [1.82, 2.24) is 14.5 Å². The van der Waals surface area contributed by atoms with Crippen LogP contribution in [0.25, 0.3) is 22.4 Å². The van der Waals surface area contributed by atoms with Crippen molar-refractivity contribution in [1.29, 1.82) is 0 Å². The minimum absolute atomic E-state index is 0.0311. The number of nitrogens with zero attached hydrogens (tertiary/aromatic N) is 3. The highest BCUT2D eigenvalue weighted by Gasteiger charge is 2.28. The summed E-state index contributed by atoms with van der Waals surface area (Å²) in [6.07, 6.45) is 1.74. The third-order valence-electron chi connectivity index (χ3n) is 6.73. The molecule has 0 bridgehead atoms. The number of hydrogen-bond donors (Lipinski definition) is 0. The van der Waals surface area contributed by atoms with Crippen LogP contribution in [0.5, 0.6) is 11.5 Å². The predicted octanol–water partition coefficient (Wildman–Crippen LogP) is 5.12. The van der Waals surface area contributed by atoms with E-state index in [1.54, 1.807) is 18.2 Å². The van der Waals surface area contributed by atoms with E-state index < -0.39 is 0 Å². The minimum atomic E-state index is -0.333. The van der Waals surface area contributed by atoms with E-state index in [2.05, 4.69) is 4.57 Å². The summed E-state index contributed by atoms with van der Waals surface area (Å²) in [6.45, 7) is 1.39. The quantitative estimate of drug-likeness (QED) is 0.411. The van der Waals surface area contributed by atoms with E-state index >= 15 is 0 Å². The van der Waals surface area contributed by atoms with Crippen LogP contribution >= 0.6 is 0 Å². The molecule has 1 fully saturated rings. The lowest BCUT2D eigenvalue weighted by Gasteiger charge is -2.34. The molecule has 0 aliphatic carbocycles. The Kier molecular flexibility index (Phi) is 5.36. The lowest BCUT2D eigenvalue weighted by molar-refractivity contribution is -0.131. The number of likely N-dealkylation sites (tertiary alicyclic amines) is 1. The van der Waals surface area contributed by atoms with Crippen LogP contribution in [0.1, 0.15) is 24.4 Å². The Balaban J connectivity index is 1.27. The van der Waals surface area contributed by atoms with E-state index in [-0.39, 0.29) is 36.8 Å². The van der Waals surface area contributed by atoms with Crippen molar-refractivity contribution in [2.45, 2.75) is 25.3 Å². The van der Waals surface area contributed by atoms with Crippen LogP contribution in [-0.4, -0.2) is 40.2 Å². The van der Waals surface area contributed by atoms with Gasteiger partial charge in [-0.3, -0.25) is 4.79 Å². The summed E-state index contributed by atoms with van der Waals surface area (Å²) in [6, 6.07) is 16.5. The van der Waals surface area contributed by atoms with Crippen LogP contribution in [0.3, 0.4) is 0 Å². The summed E-state index contributed by atoms with van der Waals surface area (Å²) in [5.41, 5.74) is 3.11. The Hall–Kier alpha value is -3.94. The fourth-order valence-electron chi connectivity index (χ4n) is 4.94. The first kappa shape index (κ1) is 21.6. The van der Waals surface area contributed by atoms with E-state index in [0.29, 0.717) is 30.1 Å². The summed E-state index contributed by atoms with van der Waals surface area (Å²) in [7, 11) is 0. The average Bonchev–Trinajstić information content (AvgIpc) is 3.49. The van der Waals surface area contributed by atoms with Gasteiger partial charge in [0.05, 0.1) is 17.5 Å². The second-order valence-corrected chi connectivity index (χ2v) is 8.92. The highest BCUT2D eigenvalue weighted by Crippen LogP contribution is 2.39. The highest BCUT2D eigenvalue weighted by atomic mass is 19.1. The molecule has 0 atom stereocenters. The molecule has 3 aromatic carbocycles. The van der Waals surface area contributed by atoms with Crippen molar-refractivity contribution in [3.05, 3.63) is 77.9 Å². The summed E-state index contributed by atoms with van der Waals surface area (Å²) >= 11 is 0. The van der Waals surface area contributed by atoms with Gasteiger partial charge in [0.1, 0.15) is 17.5 Å². The number of fused-ring (bicyclic) bond motifs is 2. The number of carbonyl (C=O) groups excluding carboxylic acids is 1. The van der Waals surface area contributed by atoms with Crippen LogP contribution in [0.15, 0.2) is 60.7 Å². The molecule has 0 spiro atoms. The molecule has 2 aliphatic rings. The molecule has 6 nitrogen and oxygen atoms in total. The lowest BCUT2D eigenvalue weighted by atomic mass is 10.0. The maximum atomic E-state index is 14.0. The van der Waals surface area contributed by atoms with Gasteiger partial charge in [0.2, 0.25) is 12.7 Å². The summed E-state index contributed by atoms with van der Waals surface area (Å²) in [5, 5.41) is 0. The number of rotatable bonds is 4. The molecule has 0 saturated carbocycles. The zero-order valence-corrected chi connectivity index (χ0v) is 18.9. The van der Waals surface area contributed by atoms with E-state index in [9.17, 15) is 13.6 Å². The van der Waals surface area contributed by atoms with Crippen molar-refractivity contribution in [3.63, 3.8) is 0 Å². The third-order valence-corrected chi connectivity index (χ3v) is 6.73. The Morgan fingerprint density at radius 1 is 0.914 bits per heavy atom. The van der Waals surface area contributed by atoms with Gasteiger partial charge in [0.15, 0.2) is 11.5 Å². The molecule has 0 radical (unpaired) electrons. The van der Waals surface area contributed by atoms with Gasteiger partial charge in [-0.2, -0.15) is 0 Å². The predicted molar refractivity (Wildman–Crippen MR) is 126 cm³/mol. The van der Waals surface area contributed by atoms with Crippen molar-refractivity contribution in [3.8, 4) is 22.9 Å². The van der Waals surface area contributed by atoms with Crippen molar-refractivity contribution < 1.29 is 23.0 Å². The fraction of sp³-hybridized carbons (Fsp3) is 0.259. The van der Waals surface area contributed by atoms with Crippen LogP contribution in [-0.2, 0) is 11.2 Å². The maximum absolute atomic E-state index is 14.0. The van der Waals surface area contributed by atoms with Gasteiger partial charge >= 0.3 is 0 Å². The lowest BCUT2D eigenvalue weighted by Crippen LogP contribution is -2.40. The Morgan fingerprint density at radius 2 is 1.66 bits per heavy atom. The molecule has 4 aromatic rings. The molecule has 0 unspecified atom stereocenters. The van der Waals surface area contributed by atoms with Crippen molar-refractivity contribution >= 4 is 16.9 Å². The number of hydrogen-bond acceptors (Lipinski definition) is 4. The molecule has 8 heteroatoms. The van der Waals surface area contributed by atoms with E-state index in [1.807, 2.05) is 23.1 Å². The molecule has 178 valence electrons. The van der Waals surface area contributed by atoms with Gasteiger partial charge in [-0.25, -0.2) is 13.8 Å². The first-order valence-corrected chi connectivity index (χ1v) is 11.6. The molecule has 35 heavy (non-hydrogen) atoms. The Labute approximate surface area is 200 Å². The van der Waals surface area contributed by atoms with Crippen molar-refractivity contribution in [2.24, 2.45) is 0 Å². The zero-order valence-electron chi connectivity index (χ0n) is 18.9. The molecule has 1 amide bonds. The zero-order chi connectivity index (χ0) is 23.9. The normalized spacial score (nSPS) is 15.7. The molecule has 1 saturated heterocycles. The number of imidazole rings is 1. The monoisotopic (exact) mass is 475 g/mol. The molecular weight excluding hydrogens is 452 g/mol. The van der Waals surface area contributed by atoms with Gasteiger partial charge in [-0.15, -0.1) is 0 Å². The van der Waals surface area contributed by atoms with Gasteiger partial charge in [0, 0.05) is 30.8 Å². The summed E-state index contributed by atoms with van der Waals surface area (Å²) < 4.78 is 40.3. The molecule has 6 rings (SSSR count). The smallest absolute Gasteiger partial charge is 0.231 e. The number of amides is 1. The molecule has 3 heterocycles. The SMILES string of the molecule is O=C(Cc1ccc(F)cc1)N1CCC(n2c(-c3ccc4c(c3)OCO4)nc3cc(F)ccc32)CC1. The molecule has 2 aliphatic heterocycles. The van der Waals surface area contributed by atoms with Gasteiger partial charge in [-0.05, 0) is 60.9 Å². The number of carbonyl (C=O) groups is 1. The molecular formula is C27H23F2N3O3. The number of piperidine rings is 1. The first-order chi connectivity index (χ1) is 17.0. The Bertz CT molecular complexity index is 1410. The topological polar surface area (TPSA) is 56.6 Å². The van der Waals surface area contributed by atoms with Crippen molar-refractivity contribution in [2.75, 3.05) is 19.9 Å². The number of benzene rings is 3. The van der Waals surface area contributed by atoms with E-state index in [4.69, 9.17) is 14.5 Å². The number of halogens is 2. The number of ether oxygens (including phenoxy) is 2. The molecule has 0 N–H and O–H groups in total. The van der Waals surface area contributed by atoms with Gasteiger partial charge < -0.3 is 18.9 Å². The maximum Gasteiger partial charge on any atom is 0.231 e. The fourth-order valence-corrected chi connectivity index (χ4v) is 4.94. The average molecular weight is 475 g/mol. The van der Waals surface area contributed by atoms with Crippen LogP contribution in [0.4, 0.5) is 8.78 Å². The van der Waals surface area contributed by atoms with E-state index in [1.165, 1.54) is 24.3 Å². The van der Waals surface area contributed by atoms with Crippen LogP contribution in [0.2, 0.25) is 0 Å². The minimum Gasteiger partial charge on any atom is -0.454 e. The van der Waals surface area contributed by atoms with Crippen LogP contribution in [0, 0.1) is 11.6 Å². The first-order valence-electron chi connectivity index (χ1n) is 11.6. The van der Waals surface area contributed by atoms with E-state index in [0.717, 1.165) is 35.3 Å². The van der Waals surface area contributed by atoms with Crippen LogP contribution < -0.4 is 9.47 Å². The summed E-state index contributed by atoms with van der Waals surface area (Å²) in [5.74, 6) is 1.47. The second kappa shape index (κ2) is 8.69. The van der Waals surface area contributed by atoms with Gasteiger partial charge in [-0.1, -0.05) is 12.1 Å². The molecule has 1 aromatic heterocycles.